The summed E-state index contributed by atoms with van der Waals surface area (Å²) in [6.45, 7) is 4.54. The smallest absolute Gasteiger partial charge is 0.0244 e. The summed E-state index contributed by atoms with van der Waals surface area (Å²) in [5, 5.41) is 0. The van der Waals surface area contributed by atoms with Crippen molar-refractivity contribution in [1.82, 2.24) is 0 Å². The number of allylic oxidation sites excluding steroid dienone is 2. The van der Waals surface area contributed by atoms with Crippen LogP contribution in [0.4, 0.5) is 0 Å². The van der Waals surface area contributed by atoms with E-state index < -0.39 is 0 Å². The van der Waals surface area contributed by atoms with Crippen LogP contribution in [0.5, 0.6) is 0 Å². The Labute approximate surface area is 94.0 Å². The Morgan fingerprint density at radius 2 is 1.93 bits per heavy atom. The molecular formula is C15H22. The molecule has 0 saturated carbocycles. The third kappa shape index (κ3) is 5.41. The fourth-order valence-electron chi connectivity index (χ4n) is 1.77. The van der Waals surface area contributed by atoms with Crippen LogP contribution in [0.25, 0.3) is 0 Å². The quantitative estimate of drug-likeness (QED) is 0.591. The molecule has 0 aromatic heterocycles. The molecule has 1 aromatic rings. The Kier molecular flexibility index (Phi) is 5.84. The predicted octanol–water partition coefficient (Wildman–Crippen LogP) is 4.61. The molecule has 0 nitrogen and oxygen atoms in total. The summed E-state index contributed by atoms with van der Waals surface area (Å²) in [6, 6.07) is 10.7. The topological polar surface area (TPSA) is 0 Å². The first-order chi connectivity index (χ1) is 7.33. The van der Waals surface area contributed by atoms with Crippen molar-refractivity contribution in [1.29, 1.82) is 0 Å². The average Bonchev–Trinajstić information content (AvgIpc) is 2.26. The highest BCUT2D eigenvalue weighted by Gasteiger charge is 1.93. The molecule has 1 aromatic carbocycles. The van der Waals surface area contributed by atoms with Gasteiger partial charge in [0.15, 0.2) is 0 Å². The maximum absolute atomic E-state index is 2.35. The largest absolute Gasteiger partial charge is 0.0879 e. The minimum Gasteiger partial charge on any atom is -0.0879 e. The minimum atomic E-state index is 0.741. The fourth-order valence-corrected chi connectivity index (χ4v) is 1.77. The number of rotatable bonds is 6. The van der Waals surface area contributed by atoms with Crippen molar-refractivity contribution < 1.29 is 0 Å². The van der Waals surface area contributed by atoms with Gasteiger partial charge in [0.2, 0.25) is 0 Å². The monoisotopic (exact) mass is 202 g/mol. The van der Waals surface area contributed by atoms with E-state index in [2.05, 4.69) is 56.3 Å². The predicted molar refractivity (Wildman–Crippen MR) is 68.0 cm³/mol. The van der Waals surface area contributed by atoms with Crippen molar-refractivity contribution in [2.45, 2.75) is 39.5 Å². The van der Waals surface area contributed by atoms with E-state index >= 15 is 0 Å². The number of hydrogen-bond acceptors (Lipinski definition) is 0. The summed E-state index contributed by atoms with van der Waals surface area (Å²) in [5.41, 5.74) is 1.44. The van der Waals surface area contributed by atoms with Crippen molar-refractivity contribution in [2.24, 2.45) is 5.92 Å². The lowest BCUT2D eigenvalue weighted by Crippen LogP contribution is -1.88. The molecule has 0 saturated heterocycles. The molecule has 0 spiro atoms. The van der Waals surface area contributed by atoms with Gasteiger partial charge in [-0.05, 0) is 30.7 Å². The molecule has 0 radical (unpaired) electrons. The van der Waals surface area contributed by atoms with Crippen LogP contribution < -0.4 is 0 Å². The van der Waals surface area contributed by atoms with Crippen LogP contribution >= 0.6 is 0 Å². The van der Waals surface area contributed by atoms with Gasteiger partial charge in [-0.3, -0.25) is 0 Å². The first-order valence-electron chi connectivity index (χ1n) is 6.03. The minimum absolute atomic E-state index is 0.741. The van der Waals surface area contributed by atoms with E-state index in [1.807, 2.05) is 0 Å². The third-order valence-electron chi connectivity index (χ3n) is 2.65. The lowest BCUT2D eigenvalue weighted by Gasteiger charge is -2.02. The van der Waals surface area contributed by atoms with Gasteiger partial charge >= 0.3 is 0 Å². The molecule has 0 aliphatic heterocycles. The molecule has 1 rings (SSSR count). The Hall–Kier alpha value is -1.04. The molecule has 15 heavy (non-hydrogen) atoms. The van der Waals surface area contributed by atoms with E-state index in [9.17, 15) is 0 Å². The number of benzene rings is 1. The van der Waals surface area contributed by atoms with Gasteiger partial charge in [0.05, 0.1) is 0 Å². The van der Waals surface area contributed by atoms with Gasteiger partial charge in [0, 0.05) is 0 Å². The molecule has 1 unspecified atom stereocenters. The highest BCUT2D eigenvalue weighted by atomic mass is 14.0. The molecule has 0 aliphatic carbocycles. The standard InChI is InChI=1S/C15H22/c1-3-9-14(2)10-7-8-13-15-11-5-4-6-12-15/h4-7,10-12,14H,3,8-9,13H2,1-2H3/b10-7-. The summed E-state index contributed by atoms with van der Waals surface area (Å²) in [6.07, 6.45) is 9.60. The van der Waals surface area contributed by atoms with E-state index in [1.165, 1.54) is 18.4 Å². The summed E-state index contributed by atoms with van der Waals surface area (Å²) < 4.78 is 0. The van der Waals surface area contributed by atoms with Gasteiger partial charge in [-0.1, -0.05) is 62.8 Å². The summed E-state index contributed by atoms with van der Waals surface area (Å²) >= 11 is 0. The second-order valence-electron chi connectivity index (χ2n) is 4.22. The normalized spacial score (nSPS) is 13.2. The molecule has 0 N–H and O–H groups in total. The molecule has 0 amide bonds. The van der Waals surface area contributed by atoms with Crippen molar-refractivity contribution in [2.75, 3.05) is 0 Å². The van der Waals surface area contributed by atoms with Gasteiger partial charge in [-0.15, -0.1) is 0 Å². The highest BCUT2D eigenvalue weighted by molar-refractivity contribution is 5.15. The Bertz CT molecular complexity index is 271. The molecule has 0 heteroatoms. The van der Waals surface area contributed by atoms with E-state index in [4.69, 9.17) is 0 Å². The summed E-state index contributed by atoms with van der Waals surface area (Å²) in [7, 11) is 0. The Morgan fingerprint density at radius 1 is 1.20 bits per heavy atom. The van der Waals surface area contributed by atoms with Gasteiger partial charge in [0.1, 0.15) is 0 Å². The second kappa shape index (κ2) is 7.28. The maximum Gasteiger partial charge on any atom is -0.0244 e. The summed E-state index contributed by atoms with van der Waals surface area (Å²) in [5.74, 6) is 0.741. The molecule has 0 fully saturated rings. The van der Waals surface area contributed by atoms with Crippen LogP contribution in [-0.2, 0) is 6.42 Å². The zero-order valence-corrected chi connectivity index (χ0v) is 9.95. The van der Waals surface area contributed by atoms with Crippen LogP contribution in [0.3, 0.4) is 0 Å². The van der Waals surface area contributed by atoms with Crippen molar-refractivity contribution in [3.63, 3.8) is 0 Å². The van der Waals surface area contributed by atoms with Gasteiger partial charge in [-0.2, -0.15) is 0 Å². The van der Waals surface area contributed by atoms with Crippen LogP contribution in [0.15, 0.2) is 42.5 Å². The lowest BCUT2D eigenvalue weighted by atomic mass is 10.0. The zero-order chi connectivity index (χ0) is 10.9. The zero-order valence-electron chi connectivity index (χ0n) is 9.95. The first kappa shape index (κ1) is 12.0. The highest BCUT2D eigenvalue weighted by Crippen LogP contribution is 2.08. The van der Waals surface area contributed by atoms with Crippen LogP contribution in [0, 0.1) is 5.92 Å². The average molecular weight is 202 g/mol. The molecular weight excluding hydrogens is 180 g/mol. The van der Waals surface area contributed by atoms with Crippen LogP contribution in [0.1, 0.15) is 38.7 Å². The van der Waals surface area contributed by atoms with Crippen molar-refractivity contribution >= 4 is 0 Å². The SMILES string of the molecule is CCCC(C)/C=C\CCc1ccccc1. The molecule has 0 bridgehead atoms. The second-order valence-corrected chi connectivity index (χ2v) is 4.22. The number of aryl methyl sites for hydroxylation is 1. The number of hydrogen-bond donors (Lipinski definition) is 0. The van der Waals surface area contributed by atoms with Gasteiger partial charge < -0.3 is 0 Å². The lowest BCUT2D eigenvalue weighted by molar-refractivity contribution is 0.632. The van der Waals surface area contributed by atoms with Crippen LogP contribution in [-0.4, -0.2) is 0 Å². The fraction of sp³-hybridized carbons (Fsp3) is 0.467. The van der Waals surface area contributed by atoms with Crippen molar-refractivity contribution in [3.05, 3.63) is 48.0 Å². The Morgan fingerprint density at radius 3 is 2.60 bits per heavy atom. The molecule has 0 aliphatic rings. The van der Waals surface area contributed by atoms with E-state index in [1.54, 1.807) is 0 Å². The molecule has 82 valence electrons. The summed E-state index contributed by atoms with van der Waals surface area (Å²) in [4.78, 5) is 0. The first-order valence-corrected chi connectivity index (χ1v) is 6.03. The third-order valence-corrected chi connectivity index (χ3v) is 2.65. The van der Waals surface area contributed by atoms with E-state index in [0.717, 1.165) is 18.8 Å². The Balaban J connectivity index is 2.21. The van der Waals surface area contributed by atoms with Crippen molar-refractivity contribution in [3.8, 4) is 0 Å². The van der Waals surface area contributed by atoms with Gasteiger partial charge in [0.25, 0.3) is 0 Å². The molecule has 0 heterocycles. The maximum atomic E-state index is 2.35. The van der Waals surface area contributed by atoms with Gasteiger partial charge in [-0.25, -0.2) is 0 Å². The van der Waals surface area contributed by atoms with Crippen LogP contribution in [0.2, 0.25) is 0 Å². The van der Waals surface area contributed by atoms with E-state index in [0.29, 0.717) is 0 Å². The molecule has 1 atom stereocenters. The van der Waals surface area contributed by atoms with E-state index in [-0.39, 0.29) is 0 Å².